The molecule has 0 atom stereocenters. The molecule has 1 N–H and O–H groups in total. The number of aromatic nitrogens is 3. The van der Waals surface area contributed by atoms with E-state index >= 15 is 0 Å². The molecular formula is C27H29N5OS. The molecule has 2 aromatic carbocycles. The maximum atomic E-state index is 12.5. The molecule has 34 heavy (non-hydrogen) atoms. The van der Waals surface area contributed by atoms with Crippen molar-refractivity contribution in [3.05, 3.63) is 89.7 Å². The Morgan fingerprint density at radius 3 is 2.56 bits per heavy atom. The van der Waals surface area contributed by atoms with E-state index in [1.54, 1.807) is 18.0 Å². The summed E-state index contributed by atoms with van der Waals surface area (Å²) < 4.78 is 2.23. The first-order valence-corrected chi connectivity index (χ1v) is 12.8. The quantitative estimate of drug-likeness (QED) is 0.362. The lowest BCUT2D eigenvalue weighted by Gasteiger charge is -2.14. The van der Waals surface area contributed by atoms with Gasteiger partial charge in [0.25, 0.3) is 5.91 Å². The number of nitrogens with zero attached hydrogens (tertiary/aromatic N) is 4. The molecular weight excluding hydrogens is 442 g/mol. The fourth-order valence-electron chi connectivity index (χ4n) is 4.31. The maximum Gasteiger partial charge on any atom is 0.251 e. The van der Waals surface area contributed by atoms with Crippen LogP contribution in [0.2, 0.25) is 0 Å². The van der Waals surface area contributed by atoms with Crippen LogP contribution in [0, 0.1) is 0 Å². The van der Waals surface area contributed by atoms with Gasteiger partial charge in [-0.2, -0.15) is 0 Å². The van der Waals surface area contributed by atoms with E-state index in [1.807, 2.05) is 42.6 Å². The number of pyridine rings is 1. The predicted octanol–water partition coefficient (Wildman–Crippen LogP) is 4.60. The van der Waals surface area contributed by atoms with Gasteiger partial charge < -0.3 is 14.8 Å². The second-order valence-electron chi connectivity index (χ2n) is 8.62. The molecule has 0 saturated carbocycles. The van der Waals surface area contributed by atoms with Crippen molar-refractivity contribution in [1.82, 2.24) is 24.8 Å². The number of likely N-dealkylation sites (tertiary alicyclic amines) is 1. The summed E-state index contributed by atoms with van der Waals surface area (Å²) >= 11 is 1.71. The normalized spacial score (nSPS) is 14.0. The van der Waals surface area contributed by atoms with Crippen LogP contribution in [0.5, 0.6) is 0 Å². The summed E-state index contributed by atoms with van der Waals surface area (Å²) in [5.74, 6) is 0.776. The molecule has 1 saturated heterocycles. The fraction of sp³-hybridized carbons (Fsp3) is 0.296. The van der Waals surface area contributed by atoms with Crippen LogP contribution in [0.15, 0.2) is 78.2 Å². The number of hydrogen-bond acceptors (Lipinski definition) is 5. The Kier molecular flexibility index (Phi) is 7.22. The number of fused-ring (bicyclic) bond motifs is 1. The minimum atomic E-state index is -0.00412. The topological polar surface area (TPSA) is 63.1 Å². The monoisotopic (exact) mass is 471 g/mol. The first-order valence-electron chi connectivity index (χ1n) is 11.8. The average molecular weight is 472 g/mol. The molecule has 0 aliphatic carbocycles. The summed E-state index contributed by atoms with van der Waals surface area (Å²) in [7, 11) is 0. The van der Waals surface area contributed by atoms with Crippen molar-refractivity contribution in [3.63, 3.8) is 0 Å². The summed E-state index contributed by atoms with van der Waals surface area (Å²) in [5.41, 5.74) is 5.09. The fourth-order valence-corrected chi connectivity index (χ4v) is 5.28. The Labute approximate surface area is 204 Å². The predicted molar refractivity (Wildman–Crippen MR) is 137 cm³/mol. The largest absolute Gasteiger partial charge is 0.351 e. The van der Waals surface area contributed by atoms with Crippen molar-refractivity contribution < 1.29 is 4.79 Å². The maximum absolute atomic E-state index is 12.5. The van der Waals surface area contributed by atoms with Crippen LogP contribution in [0.3, 0.4) is 0 Å². The standard InChI is InChI=1S/C27H29N5OS/c33-26(29-14-17-31-15-4-5-16-31)23-10-8-22(9-11-23)20-34-27-30-24-12-13-28-18-25(24)32(27)19-21-6-2-1-3-7-21/h1-3,6-13,18H,4-5,14-17,19-20H2,(H,29,33). The molecule has 7 heteroatoms. The Hall–Kier alpha value is -3.16. The minimum Gasteiger partial charge on any atom is -0.351 e. The van der Waals surface area contributed by atoms with Gasteiger partial charge in [-0.05, 0) is 55.3 Å². The molecule has 4 aromatic rings. The van der Waals surface area contributed by atoms with Crippen LogP contribution >= 0.6 is 11.8 Å². The molecule has 0 bridgehead atoms. The summed E-state index contributed by atoms with van der Waals surface area (Å²) in [4.78, 5) is 24.0. The van der Waals surface area contributed by atoms with Gasteiger partial charge in [0.1, 0.15) is 0 Å². The van der Waals surface area contributed by atoms with Crippen LogP contribution < -0.4 is 5.32 Å². The van der Waals surface area contributed by atoms with Gasteiger partial charge in [0.2, 0.25) is 0 Å². The van der Waals surface area contributed by atoms with Gasteiger partial charge in [0.05, 0.1) is 23.8 Å². The van der Waals surface area contributed by atoms with E-state index in [4.69, 9.17) is 4.98 Å². The number of hydrogen-bond donors (Lipinski definition) is 1. The second-order valence-corrected chi connectivity index (χ2v) is 9.56. The van der Waals surface area contributed by atoms with E-state index in [0.29, 0.717) is 12.1 Å². The molecule has 0 unspecified atom stereocenters. The second kappa shape index (κ2) is 10.8. The average Bonchev–Trinajstić information content (AvgIpc) is 3.52. The zero-order valence-electron chi connectivity index (χ0n) is 19.2. The van der Waals surface area contributed by atoms with Gasteiger partial charge in [0.15, 0.2) is 5.16 Å². The molecule has 0 spiro atoms. The summed E-state index contributed by atoms with van der Waals surface area (Å²) in [6, 6.07) is 20.3. The Morgan fingerprint density at radius 1 is 0.971 bits per heavy atom. The van der Waals surface area contributed by atoms with Gasteiger partial charge in [-0.15, -0.1) is 0 Å². The highest BCUT2D eigenvalue weighted by Gasteiger charge is 2.14. The lowest BCUT2D eigenvalue weighted by molar-refractivity contribution is 0.0949. The molecule has 1 aliphatic rings. The first-order chi connectivity index (χ1) is 16.8. The smallest absolute Gasteiger partial charge is 0.251 e. The van der Waals surface area contributed by atoms with Crippen molar-refractivity contribution in [1.29, 1.82) is 0 Å². The highest BCUT2D eigenvalue weighted by atomic mass is 32.2. The van der Waals surface area contributed by atoms with Crippen molar-refractivity contribution in [2.45, 2.75) is 30.3 Å². The molecule has 1 amide bonds. The van der Waals surface area contributed by atoms with Crippen molar-refractivity contribution in [2.24, 2.45) is 0 Å². The van der Waals surface area contributed by atoms with Crippen LogP contribution in [-0.4, -0.2) is 51.5 Å². The van der Waals surface area contributed by atoms with E-state index in [-0.39, 0.29) is 5.91 Å². The number of carbonyl (C=O) groups excluding carboxylic acids is 1. The summed E-state index contributed by atoms with van der Waals surface area (Å²) in [5, 5.41) is 4.01. The Bertz CT molecular complexity index is 1230. The third kappa shape index (κ3) is 5.48. The lowest BCUT2D eigenvalue weighted by atomic mass is 10.1. The SMILES string of the molecule is O=C(NCCN1CCCC1)c1ccc(CSc2nc3ccncc3n2Cc2ccccc2)cc1. The van der Waals surface area contributed by atoms with Gasteiger partial charge >= 0.3 is 0 Å². The first kappa shape index (κ1) is 22.6. The zero-order valence-corrected chi connectivity index (χ0v) is 20.0. The van der Waals surface area contributed by atoms with Crippen molar-refractivity contribution >= 4 is 28.7 Å². The van der Waals surface area contributed by atoms with E-state index < -0.39 is 0 Å². The number of benzene rings is 2. The van der Waals surface area contributed by atoms with Crippen LogP contribution in [-0.2, 0) is 12.3 Å². The molecule has 2 aromatic heterocycles. The van der Waals surface area contributed by atoms with Gasteiger partial charge in [-0.3, -0.25) is 9.78 Å². The van der Waals surface area contributed by atoms with Crippen LogP contribution in [0.4, 0.5) is 0 Å². The van der Waals surface area contributed by atoms with Gasteiger partial charge in [-0.1, -0.05) is 54.2 Å². The summed E-state index contributed by atoms with van der Waals surface area (Å²) in [6.45, 7) is 4.68. The van der Waals surface area contributed by atoms with Crippen molar-refractivity contribution in [3.8, 4) is 0 Å². The molecule has 3 heterocycles. The van der Waals surface area contributed by atoms with Crippen LogP contribution in [0.25, 0.3) is 11.0 Å². The zero-order chi connectivity index (χ0) is 23.2. The number of carbonyl (C=O) groups is 1. The molecule has 5 rings (SSSR count). The lowest BCUT2D eigenvalue weighted by Crippen LogP contribution is -2.33. The number of thioether (sulfide) groups is 1. The number of rotatable bonds is 9. The number of nitrogens with one attached hydrogen (secondary N) is 1. The molecule has 6 nitrogen and oxygen atoms in total. The minimum absolute atomic E-state index is 0.00412. The molecule has 1 fully saturated rings. The molecule has 0 radical (unpaired) electrons. The third-order valence-corrected chi connectivity index (χ3v) is 7.24. The van der Waals surface area contributed by atoms with Gasteiger partial charge in [0, 0.05) is 30.6 Å². The molecule has 174 valence electrons. The number of imidazole rings is 1. The Morgan fingerprint density at radius 2 is 1.76 bits per heavy atom. The molecule has 1 aliphatic heterocycles. The van der Waals surface area contributed by atoms with Crippen LogP contribution in [0.1, 0.15) is 34.3 Å². The van der Waals surface area contributed by atoms with Gasteiger partial charge in [-0.25, -0.2) is 4.98 Å². The highest BCUT2D eigenvalue weighted by molar-refractivity contribution is 7.98. The highest BCUT2D eigenvalue weighted by Crippen LogP contribution is 2.27. The summed E-state index contributed by atoms with van der Waals surface area (Å²) in [6.07, 6.45) is 6.21. The number of amides is 1. The van der Waals surface area contributed by atoms with E-state index in [2.05, 4.69) is 44.0 Å². The van der Waals surface area contributed by atoms with E-state index in [9.17, 15) is 4.79 Å². The van der Waals surface area contributed by atoms with Crippen molar-refractivity contribution in [2.75, 3.05) is 26.2 Å². The van der Waals surface area contributed by atoms with E-state index in [1.165, 1.54) is 18.4 Å². The third-order valence-electron chi connectivity index (χ3n) is 6.20. The van der Waals surface area contributed by atoms with E-state index in [0.717, 1.165) is 53.7 Å². The Balaban J connectivity index is 1.22.